The lowest BCUT2D eigenvalue weighted by molar-refractivity contribution is 0.0944. The summed E-state index contributed by atoms with van der Waals surface area (Å²) in [6.45, 7) is 1.81. The first-order valence-electron chi connectivity index (χ1n) is 3.86. The van der Waals surface area contributed by atoms with E-state index in [1.807, 2.05) is 6.92 Å². The first kappa shape index (κ1) is 12.1. The van der Waals surface area contributed by atoms with Gasteiger partial charge in [0, 0.05) is 11.9 Å². The molecule has 78 valence electrons. The average molecular weight is 273 g/mol. The number of hydrogen-bond acceptors (Lipinski definition) is 2. The summed E-state index contributed by atoms with van der Waals surface area (Å²) in [6, 6.07) is 1.46. The standard InChI is InChI=1S/C8H8Cl3NOS/c1-4(3-9)12-8(13)5-2-6(10)14-7(5)11/h2,4H,3H2,1H3,(H,12,13). The highest BCUT2D eigenvalue weighted by molar-refractivity contribution is 7.20. The molecular formula is C8H8Cl3NOS. The summed E-state index contributed by atoms with van der Waals surface area (Å²) in [5.74, 6) is 0.118. The SMILES string of the molecule is CC(CCl)NC(=O)c1cc(Cl)sc1Cl. The van der Waals surface area contributed by atoms with E-state index in [1.54, 1.807) is 6.07 Å². The van der Waals surface area contributed by atoms with Crippen molar-refractivity contribution in [3.05, 3.63) is 20.3 Å². The van der Waals surface area contributed by atoms with Crippen molar-refractivity contribution in [1.29, 1.82) is 0 Å². The largest absolute Gasteiger partial charge is 0.348 e. The summed E-state index contributed by atoms with van der Waals surface area (Å²) < 4.78 is 0.896. The second-order valence-corrected chi connectivity index (χ2v) is 5.36. The molecule has 14 heavy (non-hydrogen) atoms. The highest BCUT2D eigenvalue weighted by atomic mass is 35.5. The molecule has 1 atom stereocenters. The number of nitrogens with one attached hydrogen (secondary N) is 1. The number of halogens is 3. The number of hydrogen-bond donors (Lipinski definition) is 1. The Morgan fingerprint density at radius 1 is 1.64 bits per heavy atom. The van der Waals surface area contributed by atoms with Crippen LogP contribution >= 0.6 is 46.1 Å². The fourth-order valence-corrected chi connectivity index (χ4v) is 2.37. The summed E-state index contributed by atoms with van der Waals surface area (Å²) in [6.07, 6.45) is 0. The van der Waals surface area contributed by atoms with Gasteiger partial charge in [0.2, 0.25) is 0 Å². The third kappa shape index (κ3) is 3.02. The van der Waals surface area contributed by atoms with E-state index in [2.05, 4.69) is 5.32 Å². The Hall–Kier alpha value is 0.0400. The van der Waals surface area contributed by atoms with E-state index in [0.717, 1.165) is 0 Å². The molecule has 1 rings (SSSR count). The van der Waals surface area contributed by atoms with Gasteiger partial charge in [-0.05, 0) is 13.0 Å². The minimum absolute atomic E-state index is 0.0843. The minimum atomic E-state index is -0.244. The van der Waals surface area contributed by atoms with Crippen molar-refractivity contribution in [1.82, 2.24) is 5.32 Å². The van der Waals surface area contributed by atoms with Crippen LogP contribution in [0.3, 0.4) is 0 Å². The van der Waals surface area contributed by atoms with Gasteiger partial charge in [0.05, 0.1) is 9.90 Å². The predicted molar refractivity (Wildman–Crippen MR) is 62.0 cm³/mol. The van der Waals surface area contributed by atoms with Crippen LogP contribution in [0.4, 0.5) is 0 Å². The molecule has 0 spiro atoms. The predicted octanol–water partition coefficient (Wildman–Crippen LogP) is 3.41. The Bertz CT molecular complexity index is 339. The molecule has 2 nitrogen and oxygen atoms in total. The first-order valence-corrected chi connectivity index (χ1v) is 5.97. The van der Waals surface area contributed by atoms with Crippen LogP contribution in [0.1, 0.15) is 17.3 Å². The molecule has 0 bridgehead atoms. The van der Waals surface area contributed by atoms with Gasteiger partial charge in [-0.2, -0.15) is 0 Å². The van der Waals surface area contributed by atoms with E-state index in [4.69, 9.17) is 34.8 Å². The van der Waals surface area contributed by atoms with Crippen LogP contribution in [0.25, 0.3) is 0 Å². The topological polar surface area (TPSA) is 29.1 Å². The monoisotopic (exact) mass is 271 g/mol. The molecule has 1 unspecified atom stereocenters. The summed E-state index contributed by atoms with van der Waals surface area (Å²) in [4.78, 5) is 11.5. The molecule has 1 aromatic heterocycles. The third-order valence-electron chi connectivity index (χ3n) is 1.51. The van der Waals surface area contributed by atoms with Crippen LogP contribution in [0.15, 0.2) is 6.07 Å². The number of thiophene rings is 1. The highest BCUT2D eigenvalue weighted by Crippen LogP contribution is 2.30. The van der Waals surface area contributed by atoms with E-state index >= 15 is 0 Å². The summed E-state index contributed by atoms with van der Waals surface area (Å²) in [5, 5.41) is 2.69. The fourth-order valence-electron chi connectivity index (χ4n) is 0.835. The Labute approximate surface area is 101 Å². The second kappa shape index (κ2) is 5.21. The van der Waals surface area contributed by atoms with Gasteiger partial charge < -0.3 is 5.32 Å². The van der Waals surface area contributed by atoms with Crippen LogP contribution in [-0.2, 0) is 0 Å². The van der Waals surface area contributed by atoms with Gasteiger partial charge in [0.25, 0.3) is 5.91 Å². The van der Waals surface area contributed by atoms with Gasteiger partial charge in [0.1, 0.15) is 4.34 Å². The molecule has 0 radical (unpaired) electrons. The van der Waals surface area contributed by atoms with Gasteiger partial charge in [0.15, 0.2) is 0 Å². The van der Waals surface area contributed by atoms with Gasteiger partial charge in [-0.1, -0.05) is 23.2 Å². The van der Waals surface area contributed by atoms with Crippen LogP contribution in [0.2, 0.25) is 8.67 Å². The van der Waals surface area contributed by atoms with Gasteiger partial charge in [-0.3, -0.25) is 4.79 Å². The van der Waals surface area contributed by atoms with E-state index in [1.165, 1.54) is 11.3 Å². The first-order chi connectivity index (χ1) is 6.54. The number of rotatable bonds is 3. The van der Waals surface area contributed by atoms with Crippen molar-refractivity contribution in [2.45, 2.75) is 13.0 Å². The molecule has 0 aliphatic rings. The van der Waals surface area contributed by atoms with Gasteiger partial charge >= 0.3 is 0 Å². The number of alkyl halides is 1. The van der Waals surface area contributed by atoms with E-state index < -0.39 is 0 Å². The maximum absolute atomic E-state index is 11.5. The van der Waals surface area contributed by atoms with Crippen LogP contribution in [-0.4, -0.2) is 17.8 Å². The molecule has 1 heterocycles. The van der Waals surface area contributed by atoms with Crippen molar-refractivity contribution < 1.29 is 4.79 Å². The zero-order chi connectivity index (χ0) is 10.7. The van der Waals surface area contributed by atoms with Crippen molar-refractivity contribution in [3.63, 3.8) is 0 Å². The zero-order valence-corrected chi connectivity index (χ0v) is 10.4. The molecule has 0 aromatic carbocycles. The molecule has 1 aromatic rings. The highest BCUT2D eigenvalue weighted by Gasteiger charge is 2.15. The van der Waals surface area contributed by atoms with E-state index in [-0.39, 0.29) is 11.9 Å². The van der Waals surface area contributed by atoms with Crippen molar-refractivity contribution >= 4 is 52.0 Å². The lowest BCUT2D eigenvalue weighted by Crippen LogP contribution is -2.33. The molecule has 0 saturated heterocycles. The van der Waals surface area contributed by atoms with Crippen LogP contribution in [0, 0.1) is 0 Å². The minimum Gasteiger partial charge on any atom is -0.348 e. The Balaban J connectivity index is 2.74. The zero-order valence-electron chi connectivity index (χ0n) is 7.31. The second-order valence-electron chi connectivity index (χ2n) is 2.77. The molecular weight excluding hydrogens is 265 g/mol. The quantitative estimate of drug-likeness (QED) is 0.840. The Morgan fingerprint density at radius 2 is 2.29 bits per heavy atom. The number of amides is 1. The average Bonchev–Trinajstić information content (AvgIpc) is 2.45. The van der Waals surface area contributed by atoms with E-state index in [0.29, 0.717) is 20.1 Å². The fraction of sp³-hybridized carbons (Fsp3) is 0.375. The van der Waals surface area contributed by atoms with Gasteiger partial charge in [-0.25, -0.2) is 0 Å². The summed E-state index contributed by atoms with van der Waals surface area (Å²) in [5.41, 5.74) is 0.402. The smallest absolute Gasteiger partial charge is 0.253 e. The normalized spacial score (nSPS) is 12.6. The van der Waals surface area contributed by atoms with Crippen molar-refractivity contribution in [2.24, 2.45) is 0 Å². The molecule has 0 fully saturated rings. The third-order valence-corrected chi connectivity index (χ3v) is 3.46. The summed E-state index contributed by atoms with van der Waals surface area (Å²) >= 11 is 18.2. The lowest BCUT2D eigenvalue weighted by Gasteiger charge is -2.09. The molecule has 0 aliphatic heterocycles. The number of carbonyl (C=O) groups excluding carboxylic acids is 1. The van der Waals surface area contributed by atoms with Crippen molar-refractivity contribution in [3.8, 4) is 0 Å². The maximum atomic E-state index is 11.5. The molecule has 1 N–H and O–H groups in total. The van der Waals surface area contributed by atoms with Crippen LogP contribution < -0.4 is 5.32 Å². The molecule has 1 amide bonds. The Kier molecular flexibility index (Phi) is 4.51. The van der Waals surface area contributed by atoms with Crippen molar-refractivity contribution in [2.75, 3.05) is 5.88 Å². The molecule has 0 aliphatic carbocycles. The Morgan fingerprint density at radius 3 is 2.71 bits per heavy atom. The number of carbonyl (C=O) groups is 1. The molecule has 0 saturated carbocycles. The maximum Gasteiger partial charge on any atom is 0.253 e. The lowest BCUT2D eigenvalue weighted by atomic mass is 10.3. The summed E-state index contributed by atoms with van der Waals surface area (Å²) in [7, 11) is 0. The molecule has 6 heteroatoms. The van der Waals surface area contributed by atoms with Gasteiger partial charge in [-0.15, -0.1) is 22.9 Å². The van der Waals surface area contributed by atoms with Crippen LogP contribution in [0.5, 0.6) is 0 Å². The van der Waals surface area contributed by atoms with E-state index in [9.17, 15) is 4.79 Å².